The summed E-state index contributed by atoms with van der Waals surface area (Å²) in [4.78, 5) is 15.0. The van der Waals surface area contributed by atoms with Crippen molar-refractivity contribution in [2.45, 2.75) is 31.7 Å². The third kappa shape index (κ3) is 4.60. The highest BCUT2D eigenvalue weighted by molar-refractivity contribution is 7.87. The Hall–Kier alpha value is -3.92. The van der Waals surface area contributed by atoms with E-state index >= 15 is 0 Å². The largest absolute Gasteiger partial charge is 0.493 e. The standard InChI is InChI=1S/C28H31NO8S/c1-17-8-11-20(12-9-17)38(31,32)37-22-14-18(10-13-21(22)33-4)26-28(2,3)27(30)29(26)19-15-23(34-5)25(36-7)24(16-19)35-6/h8-16,26H,1-7H3/t26-/m0/s1. The lowest BCUT2D eigenvalue weighted by atomic mass is 9.70. The van der Waals surface area contributed by atoms with Gasteiger partial charge in [0.25, 0.3) is 0 Å². The Balaban J connectivity index is 1.77. The fourth-order valence-electron chi connectivity index (χ4n) is 4.64. The van der Waals surface area contributed by atoms with E-state index < -0.39 is 21.6 Å². The summed E-state index contributed by atoms with van der Waals surface area (Å²) < 4.78 is 53.3. The van der Waals surface area contributed by atoms with Gasteiger partial charge in [-0.05, 0) is 50.6 Å². The number of carbonyl (C=O) groups excluding carboxylic acids is 1. The lowest BCUT2D eigenvalue weighted by Crippen LogP contribution is -2.61. The number of carbonyl (C=O) groups is 1. The summed E-state index contributed by atoms with van der Waals surface area (Å²) in [5.74, 6) is 1.35. The molecule has 3 aromatic rings. The molecule has 9 nitrogen and oxygen atoms in total. The Kier molecular flexibility index (Phi) is 7.20. The van der Waals surface area contributed by atoms with Crippen LogP contribution in [0, 0.1) is 12.3 Å². The number of methoxy groups -OCH3 is 4. The molecule has 1 fully saturated rings. The van der Waals surface area contributed by atoms with Crippen LogP contribution in [0.5, 0.6) is 28.7 Å². The Labute approximate surface area is 223 Å². The van der Waals surface area contributed by atoms with Crippen molar-refractivity contribution in [3.05, 3.63) is 65.7 Å². The average molecular weight is 542 g/mol. The molecule has 4 rings (SSSR count). The third-order valence-electron chi connectivity index (χ3n) is 6.65. The normalized spacial score (nSPS) is 16.4. The zero-order valence-electron chi connectivity index (χ0n) is 22.4. The second-order valence-electron chi connectivity index (χ2n) is 9.44. The summed E-state index contributed by atoms with van der Waals surface area (Å²) in [5, 5.41) is 0. The Morgan fingerprint density at radius 2 is 1.34 bits per heavy atom. The number of hydrogen-bond acceptors (Lipinski definition) is 8. The topological polar surface area (TPSA) is 101 Å². The van der Waals surface area contributed by atoms with E-state index in [1.807, 2.05) is 20.8 Å². The van der Waals surface area contributed by atoms with Gasteiger partial charge in [-0.2, -0.15) is 8.42 Å². The van der Waals surface area contributed by atoms with Crippen LogP contribution in [-0.4, -0.2) is 42.8 Å². The summed E-state index contributed by atoms with van der Waals surface area (Å²) in [5.41, 5.74) is 1.34. The highest BCUT2D eigenvalue weighted by Crippen LogP contribution is 2.54. The second kappa shape index (κ2) is 10.1. The number of ether oxygens (including phenoxy) is 4. The van der Waals surface area contributed by atoms with Crippen molar-refractivity contribution in [2.75, 3.05) is 33.3 Å². The molecule has 1 aliphatic rings. The summed E-state index contributed by atoms with van der Waals surface area (Å²) in [6.45, 7) is 5.54. The van der Waals surface area contributed by atoms with Gasteiger partial charge in [0.1, 0.15) is 4.90 Å². The number of β-lactam (4-membered cyclic amide) rings is 1. The minimum absolute atomic E-state index is 0.0190. The smallest absolute Gasteiger partial charge is 0.339 e. The molecular weight excluding hydrogens is 510 g/mol. The first-order chi connectivity index (χ1) is 18.0. The molecule has 1 heterocycles. The molecule has 1 amide bonds. The Bertz CT molecular complexity index is 1440. The summed E-state index contributed by atoms with van der Waals surface area (Å²) in [7, 11) is 1.81. The molecule has 0 spiro atoms. The van der Waals surface area contributed by atoms with E-state index in [9.17, 15) is 13.2 Å². The lowest BCUT2D eigenvalue weighted by Gasteiger charge is -2.53. The maximum atomic E-state index is 13.3. The molecule has 1 atom stereocenters. The van der Waals surface area contributed by atoms with Gasteiger partial charge in [0.2, 0.25) is 11.7 Å². The zero-order valence-corrected chi connectivity index (χ0v) is 23.2. The van der Waals surface area contributed by atoms with Crippen molar-refractivity contribution in [1.29, 1.82) is 0 Å². The highest BCUT2D eigenvalue weighted by Gasteiger charge is 2.55. The van der Waals surface area contributed by atoms with Gasteiger partial charge >= 0.3 is 10.1 Å². The molecule has 1 saturated heterocycles. The quantitative estimate of drug-likeness (QED) is 0.278. The van der Waals surface area contributed by atoms with Crippen molar-refractivity contribution in [2.24, 2.45) is 5.41 Å². The maximum absolute atomic E-state index is 13.3. The molecule has 0 aromatic heterocycles. The van der Waals surface area contributed by atoms with E-state index in [1.165, 1.54) is 40.6 Å². The van der Waals surface area contributed by atoms with Crippen LogP contribution in [0.2, 0.25) is 0 Å². The minimum Gasteiger partial charge on any atom is -0.493 e. The minimum atomic E-state index is -4.13. The van der Waals surface area contributed by atoms with Crippen LogP contribution < -0.4 is 28.0 Å². The lowest BCUT2D eigenvalue weighted by molar-refractivity contribution is -0.137. The van der Waals surface area contributed by atoms with Crippen molar-refractivity contribution < 1.29 is 36.3 Å². The van der Waals surface area contributed by atoms with Crippen LogP contribution in [0.1, 0.15) is 31.0 Å². The number of hydrogen-bond donors (Lipinski definition) is 0. The summed E-state index contributed by atoms with van der Waals surface area (Å²) >= 11 is 0. The van der Waals surface area contributed by atoms with Crippen LogP contribution in [0.4, 0.5) is 5.69 Å². The van der Waals surface area contributed by atoms with Crippen LogP contribution in [0.25, 0.3) is 0 Å². The molecule has 10 heteroatoms. The maximum Gasteiger partial charge on any atom is 0.339 e. The van der Waals surface area contributed by atoms with Crippen LogP contribution in [0.3, 0.4) is 0 Å². The van der Waals surface area contributed by atoms with Crippen molar-refractivity contribution in [1.82, 2.24) is 0 Å². The average Bonchev–Trinajstić information content (AvgIpc) is 2.90. The van der Waals surface area contributed by atoms with Crippen molar-refractivity contribution in [3.8, 4) is 28.7 Å². The number of rotatable bonds is 9. The summed E-state index contributed by atoms with van der Waals surface area (Å²) in [6.07, 6.45) is 0. The number of aryl methyl sites for hydroxylation is 1. The van der Waals surface area contributed by atoms with Gasteiger partial charge in [-0.15, -0.1) is 0 Å². The van der Waals surface area contributed by atoms with Gasteiger partial charge in [0.15, 0.2) is 23.0 Å². The van der Waals surface area contributed by atoms with Crippen molar-refractivity contribution in [3.63, 3.8) is 0 Å². The summed E-state index contributed by atoms with van der Waals surface area (Å²) in [6, 6.07) is 14.3. The highest BCUT2D eigenvalue weighted by atomic mass is 32.2. The predicted molar refractivity (Wildman–Crippen MR) is 142 cm³/mol. The van der Waals surface area contributed by atoms with Crippen LogP contribution in [0.15, 0.2) is 59.5 Å². The number of nitrogens with zero attached hydrogens (tertiary/aromatic N) is 1. The third-order valence-corrected chi connectivity index (χ3v) is 7.90. The molecule has 0 radical (unpaired) electrons. The van der Waals surface area contributed by atoms with E-state index in [0.29, 0.717) is 28.5 Å². The van der Waals surface area contributed by atoms with Crippen molar-refractivity contribution >= 4 is 21.7 Å². The first-order valence-corrected chi connectivity index (χ1v) is 13.2. The van der Waals surface area contributed by atoms with Gasteiger partial charge in [-0.3, -0.25) is 4.79 Å². The van der Waals surface area contributed by atoms with Crippen LogP contribution in [-0.2, 0) is 14.9 Å². The van der Waals surface area contributed by atoms with Gasteiger partial charge in [-0.1, -0.05) is 23.8 Å². The first kappa shape index (κ1) is 27.1. The second-order valence-corrected chi connectivity index (χ2v) is 11.0. The van der Waals surface area contributed by atoms with E-state index in [2.05, 4.69) is 0 Å². The predicted octanol–water partition coefficient (Wildman–Crippen LogP) is 4.91. The van der Waals surface area contributed by atoms with Gasteiger partial charge in [0, 0.05) is 12.1 Å². The van der Waals surface area contributed by atoms with Gasteiger partial charge in [0.05, 0.1) is 45.6 Å². The zero-order chi connectivity index (χ0) is 27.8. The fraction of sp³-hybridized carbons (Fsp3) is 0.321. The number of amides is 1. The fourth-order valence-corrected chi connectivity index (χ4v) is 5.57. The molecule has 202 valence electrons. The molecule has 0 N–H and O–H groups in total. The molecule has 3 aromatic carbocycles. The molecule has 0 bridgehead atoms. The van der Waals surface area contributed by atoms with E-state index in [4.69, 9.17) is 23.1 Å². The number of anilines is 1. The monoisotopic (exact) mass is 541 g/mol. The molecule has 0 aliphatic carbocycles. The molecule has 1 aliphatic heterocycles. The van der Waals surface area contributed by atoms with Gasteiger partial charge < -0.3 is 28.0 Å². The molecule has 38 heavy (non-hydrogen) atoms. The van der Waals surface area contributed by atoms with Crippen LogP contribution >= 0.6 is 0 Å². The molecular formula is C28H31NO8S. The Morgan fingerprint density at radius 3 is 1.87 bits per heavy atom. The molecule has 0 unspecified atom stereocenters. The SMILES string of the molecule is COc1ccc([C@@H]2N(c3cc(OC)c(OC)c(OC)c3)C(=O)C2(C)C)cc1OS(=O)(=O)c1ccc(C)cc1. The van der Waals surface area contributed by atoms with E-state index in [-0.39, 0.29) is 22.3 Å². The first-order valence-electron chi connectivity index (χ1n) is 11.8. The Morgan fingerprint density at radius 1 is 0.763 bits per heavy atom. The number of benzene rings is 3. The van der Waals surface area contributed by atoms with E-state index in [1.54, 1.807) is 47.4 Å². The molecule has 0 saturated carbocycles. The van der Waals surface area contributed by atoms with E-state index in [0.717, 1.165) is 5.56 Å². The van der Waals surface area contributed by atoms with Gasteiger partial charge in [-0.25, -0.2) is 0 Å².